The van der Waals surface area contributed by atoms with Crippen molar-refractivity contribution in [1.29, 1.82) is 0 Å². The van der Waals surface area contributed by atoms with Gasteiger partial charge in [-0.25, -0.2) is 13.1 Å². The fraction of sp³-hybridized carbons (Fsp3) is 0.538. The minimum absolute atomic E-state index is 0.0332. The Hall–Kier alpha value is -0.620. The zero-order valence-corrected chi connectivity index (χ0v) is 12.7. The van der Waals surface area contributed by atoms with Crippen molar-refractivity contribution in [2.75, 3.05) is 13.1 Å². The lowest BCUT2D eigenvalue weighted by Crippen LogP contribution is -2.45. The highest BCUT2D eigenvalue weighted by Crippen LogP contribution is 2.24. The number of aryl methyl sites for hydroxylation is 2. The number of hydrogen-bond donors (Lipinski definition) is 2. The van der Waals surface area contributed by atoms with Crippen molar-refractivity contribution >= 4 is 21.6 Å². The molecule has 1 fully saturated rings. The Balaban J connectivity index is 2.26. The molecular weight excluding hydrogens is 284 g/mol. The van der Waals surface area contributed by atoms with E-state index in [1.165, 1.54) is 0 Å². The monoisotopic (exact) mass is 302 g/mol. The minimum atomic E-state index is -3.48. The molecule has 19 heavy (non-hydrogen) atoms. The molecule has 1 heterocycles. The third-order valence-corrected chi connectivity index (χ3v) is 5.43. The highest BCUT2D eigenvalue weighted by Gasteiger charge is 2.23. The summed E-state index contributed by atoms with van der Waals surface area (Å²) >= 11 is 6.00. The van der Waals surface area contributed by atoms with Crippen molar-refractivity contribution in [3.8, 4) is 0 Å². The molecule has 0 spiro atoms. The summed E-state index contributed by atoms with van der Waals surface area (Å²) in [6.45, 7) is 5.21. The molecule has 1 aromatic rings. The number of halogens is 1. The molecule has 6 heteroatoms. The largest absolute Gasteiger partial charge is 0.315 e. The van der Waals surface area contributed by atoms with Gasteiger partial charge in [-0.3, -0.25) is 0 Å². The van der Waals surface area contributed by atoms with Crippen molar-refractivity contribution in [2.45, 2.75) is 37.6 Å². The maximum atomic E-state index is 12.4. The lowest BCUT2D eigenvalue weighted by atomic mass is 10.1. The minimum Gasteiger partial charge on any atom is -0.315 e. The summed E-state index contributed by atoms with van der Waals surface area (Å²) in [6, 6.07) is 3.30. The Morgan fingerprint density at radius 3 is 2.68 bits per heavy atom. The molecule has 0 aliphatic carbocycles. The van der Waals surface area contributed by atoms with Crippen LogP contribution in [0.3, 0.4) is 0 Å². The number of rotatable bonds is 3. The lowest BCUT2D eigenvalue weighted by molar-refractivity contribution is 0.428. The first-order valence-corrected chi connectivity index (χ1v) is 8.26. The van der Waals surface area contributed by atoms with E-state index >= 15 is 0 Å². The van der Waals surface area contributed by atoms with E-state index in [-0.39, 0.29) is 6.04 Å². The second-order valence-corrected chi connectivity index (χ2v) is 7.12. The molecule has 106 valence electrons. The van der Waals surface area contributed by atoms with Gasteiger partial charge < -0.3 is 5.32 Å². The molecule has 1 saturated heterocycles. The van der Waals surface area contributed by atoms with Gasteiger partial charge in [-0.05, 0) is 56.5 Å². The summed E-state index contributed by atoms with van der Waals surface area (Å²) in [4.78, 5) is 0.319. The summed E-state index contributed by atoms with van der Waals surface area (Å²) in [5, 5.41) is 3.79. The highest BCUT2D eigenvalue weighted by atomic mass is 35.5. The molecule has 0 radical (unpaired) electrons. The van der Waals surface area contributed by atoms with Crippen LogP contribution in [0, 0.1) is 13.8 Å². The van der Waals surface area contributed by atoms with Gasteiger partial charge in [-0.1, -0.05) is 11.6 Å². The Kier molecular flexibility index (Phi) is 4.50. The first-order chi connectivity index (χ1) is 8.90. The molecule has 1 aromatic carbocycles. The van der Waals surface area contributed by atoms with Gasteiger partial charge >= 0.3 is 0 Å². The van der Waals surface area contributed by atoms with Gasteiger partial charge in [0.05, 0.1) is 4.90 Å². The van der Waals surface area contributed by atoms with Gasteiger partial charge in [0.2, 0.25) is 10.0 Å². The number of sulfonamides is 1. The van der Waals surface area contributed by atoms with E-state index in [0.29, 0.717) is 22.0 Å². The van der Waals surface area contributed by atoms with Crippen LogP contribution in [0.2, 0.25) is 5.02 Å². The average Bonchev–Trinajstić information content (AvgIpc) is 2.34. The van der Waals surface area contributed by atoms with Crippen molar-refractivity contribution in [2.24, 2.45) is 0 Å². The standard InChI is InChI=1S/C13H19ClN2O2S/c1-9-7-13(10(2)6-12(9)14)19(17,18)16-11-4-3-5-15-8-11/h6-7,11,15-16H,3-5,8H2,1-2H3/t11-/m0/s1. The molecule has 1 aliphatic rings. The average molecular weight is 303 g/mol. The van der Waals surface area contributed by atoms with Gasteiger partial charge in [0.25, 0.3) is 0 Å². The van der Waals surface area contributed by atoms with Crippen LogP contribution in [0.4, 0.5) is 0 Å². The molecule has 2 rings (SSSR count). The Bertz CT molecular complexity index is 566. The van der Waals surface area contributed by atoms with Crippen LogP contribution < -0.4 is 10.0 Å². The van der Waals surface area contributed by atoms with E-state index in [0.717, 1.165) is 24.9 Å². The predicted octanol–water partition coefficient (Wildman–Crippen LogP) is 1.99. The molecule has 2 N–H and O–H groups in total. The van der Waals surface area contributed by atoms with E-state index in [2.05, 4.69) is 10.0 Å². The van der Waals surface area contributed by atoms with Gasteiger partial charge in [-0.15, -0.1) is 0 Å². The molecule has 0 bridgehead atoms. The van der Waals surface area contributed by atoms with Crippen LogP contribution in [0.25, 0.3) is 0 Å². The summed E-state index contributed by atoms with van der Waals surface area (Å²) in [5.74, 6) is 0. The molecule has 4 nitrogen and oxygen atoms in total. The SMILES string of the molecule is Cc1cc(S(=O)(=O)N[C@H]2CCCNC2)c(C)cc1Cl. The third kappa shape index (κ3) is 3.48. The lowest BCUT2D eigenvalue weighted by Gasteiger charge is -2.24. The number of benzene rings is 1. The van der Waals surface area contributed by atoms with Crippen molar-refractivity contribution in [3.05, 3.63) is 28.3 Å². The molecule has 0 saturated carbocycles. The van der Waals surface area contributed by atoms with Crippen LogP contribution in [0.5, 0.6) is 0 Å². The van der Waals surface area contributed by atoms with Crippen LogP contribution in [-0.4, -0.2) is 27.5 Å². The summed E-state index contributed by atoms with van der Waals surface area (Å²) in [5.41, 5.74) is 1.45. The van der Waals surface area contributed by atoms with E-state index in [4.69, 9.17) is 11.6 Å². The van der Waals surface area contributed by atoms with Gasteiger partial charge in [0.1, 0.15) is 0 Å². The van der Waals surface area contributed by atoms with Crippen molar-refractivity contribution in [3.63, 3.8) is 0 Å². The number of hydrogen-bond acceptors (Lipinski definition) is 3. The molecule has 1 atom stereocenters. The smallest absolute Gasteiger partial charge is 0.241 e. The zero-order chi connectivity index (χ0) is 14.0. The van der Waals surface area contributed by atoms with Crippen LogP contribution in [0.15, 0.2) is 17.0 Å². The third-order valence-electron chi connectivity index (χ3n) is 3.36. The maximum Gasteiger partial charge on any atom is 0.241 e. The van der Waals surface area contributed by atoms with E-state index in [1.807, 2.05) is 6.92 Å². The molecule has 0 aromatic heterocycles. The van der Waals surface area contributed by atoms with Crippen LogP contribution in [0.1, 0.15) is 24.0 Å². The van der Waals surface area contributed by atoms with Crippen LogP contribution in [-0.2, 0) is 10.0 Å². The van der Waals surface area contributed by atoms with E-state index in [1.54, 1.807) is 19.1 Å². The topological polar surface area (TPSA) is 58.2 Å². The zero-order valence-electron chi connectivity index (χ0n) is 11.2. The Morgan fingerprint density at radius 1 is 1.32 bits per heavy atom. The first kappa shape index (κ1) is 14.8. The predicted molar refractivity (Wildman–Crippen MR) is 77.1 cm³/mol. The number of piperidine rings is 1. The van der Waals surface area contributed by atoms with Gasteiger partial charge in [0.15, 0.2) is 0 Å². The van der Waals surface area contributed by atoms with Gasteiger partial charge in [-0.2, -0.15) is 0 Å². The normalized spacial score (nSPS) is 20.5. The quantitative estimate of drug-likeness (QED) is 0.898. The van der Waals surface area contributed by atoms with E-state index < -0.39 is 10.0 Å². The maximum absolute atomic E-state index is 12.4. The summed E-state index contributed by atoms with van der Waals surface area (Å²) in [7, 11) is -3.48. The fourth-order valence-corrected chi connectivity index (χ4v) is 4.08. The summed E-state index contributed by atoms with van der Waals surface area (Å²) < 4.78 is 27.6. The number of nitrogens with one attached hydrogen (secondary N) is 2. The van der Waals surface area contributed by atoms with Crippen molar-refractivity contribution < 1.29 is 8.42 Å². The van der Waals surface area contributed by atoms with Gasteiger partial charge in [0, 0.05) is 17.6 Å². The summed E-state index contributed by atoms with van der Waals surface area (Å²) in [6.07, 6.45) is 1.86. The second-order valence-electron chi connectivity index (χ2n) is 5.03. The van der Waals surface area contributed by atoms with E-state index in [9.17, 15) is 8.42 Å². The van der Waals surface area contributed by atoms with Crippen molar-refractivity contribution in [1.82, 2.24) is 10.0 Å². The molecular formula is C13H19ClN2O2S. The highest BCUT2D eigenvalue weighted by molar-refractivity contribution is 7.89. The second kappa shape index (κ2) is 5.79. The van der Waals surface area contributed by atoms with Crippen LogP contribution >= 0.6 is 11.6 Å². The Morgan fingerprint density at radius 2 is 2.05 bits per heavy atom. The molecule has 0 unspecified atom stereocenters. The fourth-order valence-electron chi connectivity index (χ4n) is 2.28. The molecule has 1 aliphatic heterocycles. The molecule has 0 amide bonds. The Labute approximate surface area is 119 Å². The first-order valence-electron chi connectivity index (χ1n) is 6.40.